The number of thiophene rings is 1. The molecular formula is C41H36ClN3O5S2. The maximum Gasteiger partial charge on any atom is 0.341 e. The Morgan fingerprint density at radius 1 is 0.904 bits per heavy atom. The van der Waals surface area contributed by atoms with Gasteiger partial charge in [-0.3, -0.25) is 14.4 Å². The number of fused-ring (bicyclic) bond motifs is 1. The maximum absolute atomic E-state index is 14.1. The van der Waals surface area contributed by atoms with Gasteiger partial charge in [0.1, 0.15) is 15.9 Å². The predicted molar refractivity (Wildman–Crippen MR) is 209 cm³/mol. The third-order valence-electron chi connectivity index (χ3n) is 8.56. The normalized spacial score (nSPS) is 14.4. The van der Waals surface area contributed by atoms with Crippen molar-refractivity contribution in [3.63, 3.8) is 0 Å². The first-order valence-electron chi connectivity index (χ1n) is 16.7. The third kappa shape index (κ3) is 8.82. The summed E-state index contributed by atoms with van der Waals surface area (Å²) in [7, 11) is 1.35. The number of benzene rings is 4. The van der Waals surface area contributed by atoms with Gasteiger partial charge in [0.25, 0.3) is 11.8 Å². The van der Waals surface area contributed by atoms with Gasteiger partial charge in [-0.25, -0.2) is 4.79 Å². The summed E-state index contributed by atoms with van der Waals surface area (Å²) in [5.74, 6) is -1.28. The van der Waals surface area contributed by atoms with E-state index in [9.17, 15) is 19.2 Å². The minimum atomic E-state index is -0.698. The molecule has 1 heterocycles. The van der Waals surface area contributed by atoms with Crippen LogP contribution in [0.1, 0.15) is 60.9 Å². The largest absolute Gasteiger partial charge is 0.465 e. The van der Waals surface area contributed by atoms with Crippen molar-refractivity contribution in [2.45, 2.75) is 36.3 Å². The summed E-state index contributed by atoms with van der Waals surface area (Å²) in [6, 6.07) is 32.1. The number of hydrogen-bond donors (Lipinski definition) is 3. The molecule has 11 heteroatoms. The lowest BCUT2D eigenvalue weighted by Gasteiger charge is -2.18. The molecule has 1 aliphatic carbocycles. The monoisotopic (exact) mass is 749 g/mol. The Kier molecular flexibility index (Phi) is 11.9. The molecule has 0 fully saturated rings. The lowest BCUT2D eigenvalue weighted by molar-refractivity contribution is -0.116. The molecule has 3 amide bonds. The summed E-state index contributed by atoms with van der Waals surface area (Å²) < 4.78 is 5.14. The molecule has 1 aliphatic rings. The minimum absolute atomic E-state index is 0.00371. The highest BCUT2D eigenvalue weighted by atomic mass is 35.5. The van der Waals surface area contributed by atoms with E-state index in [0.717, 1.165) is 35.3 Å². The number of ether oxygens (including phenoxy) is 1. The first-order valence-corrected chi connectivity index (χ1v) is 18.8. The zero-order chi connectivity index (χ0) is 36.6. The zero-order valence-electron chi connectivity index (χ0n) is 28.5. The van der Waals surface area contributed by atoms with Crippen molar-refractivity contribution < 1.29 is 23.9 Å². The van der Waals surface area contributed by atoms with E-state index < -0.39 is 23.0 Å². The number of nitrogens with one attached hydrogen (secondary N) is 3. The number of carbonyl (C=O) groups is 4. The number of halogens is 1. The SMILES string of the molecule is COC(=O)c1c(NC(=O)C(Sc2cccc(NC(=O)/C(=C\c3ccccc3Cl)NC(=O)c3ccccc3)c2)c2ccccc2)sc2c1CCC(C)C2. The second-order valence-corrected chi connectivity index (χ2v) is 15.0. The zero-order valence-corrected chi connectivity index (χ0v) is 30.9. The van der Waals surface area contributed by atoms with E-state index in [0.29, 0.717) is 43.2 Å². The van der Waals surface area contributed by atoms with Crippen molar-refractivity contribution in [1.82, 2.24) is 5.32 Å². The smallest absolute Gasteiger partial charge is 0.341 e. The standard InChI is InChI=1S/C41H36ClN3O5S2/c1-25-20-21-31-34(22-25)52-40(35(31)41(49)50-2)45-39(48)36(26-12-5-3-6-13-26)51-30-18-11-17-29(24-30)43-38(47)33(23-28-16-9-10-19-32(28)42)44-37(46)27-14-7-4-8-15-27/h3-19,23-25,36H,20-22H2,1-2H3,(H,43,47)(H,44,46)(H,45,48)/b33-23+. The van der Waals surface area contributed by atoms with Crippen LogP contribution in [0.2, 0.25) is 5.02 Å². The highest BCUT2D eigenvalue weighted by molar-refractivity contribution is 8.00. The van der Waals surface area contributed by atoms with E-state index in [4.69, 9.17) is 16.3 Å². The van der Waals surface area contributed by atoms with E-state index in [1.54, 1.807) is 72.8 Å². The molecule has 8 nitrogen and oxygen atoms in total. The minimum Gasteiger partial charge on any atom is -0.465 e. The Hall–Kier alpha value is -5.16. The average Bonchev–Trinajstić information content (AvgIpc) is 3.51. The van der Waals surface area contributed by atoms with Crippen LogP contribution in [0.5, 0.6) is 0 Å². The summed E-state index contributed by atoms with van der Waals surface area (Å²) >= 11 is 9.15. The van der Waals surface area contributed by atoms with Gasteiger partial charge in [0.05, 0.1) is 12.7 Å². The van der Waals surface area contributed by atoms with Gasteiger partial charge in [-0.1, -0.05) is 91.3 Å². The first-order chi connectivity index (χ1) is 25.2. The molecule has 1 aromatic heterocycles. The summed E-state index contributed by atoms with van der Waals surface area (Å²) in [4.78, 5) is 55.7. The van der Waals surface area contributed by atoms with Crippen molar-refractivity contribution in [2.75, 3.05) is 17.7 Å². The lowest BCUT2D eigenvalue weighted by atomic mass is 9.88. The van der Waals surface area contributed by atoms with Gasteiger partial charge in [0, 0.05) is 26.0 Å². The average molecular weight is 750 g/mol. The molecule has 6 rings (SSSR count). The van der Waals surface area contributed by atoms with Crippen LogP contribution in [-0.4, -0.2) is 30.8 Å². The van der Waals surface area contributed by atoms with Gasteiger partial charge < -0.3 is 20.7 Å². The number of anilines is 2. The van der Waals surface area contributed by atoms with Gasteiger partial charge in [0.15, 0.2) is 0 Å². The second-order valence-electron chi connectivity index (χ2n) is 12.3. The van der Waals surface area contributed by atoms with E-state index in [2.05, 4.69) is 22.9 Å². The quantitative estimate of drug-likeness (QED) is 0.0705. The van der Waals surface area contributed by atoms with E-state index >= 15 is 0 Å². The third-order valence-corrected chi connectivity index (χ3v) is 11.3. The number of hydrogen-bond acceptors (Lipinski definition) is 7. The number of rotatable bonds is 11. The lowest BCUT2D eigenvalue weighted by Crippen LogP contribution is -2.30. The van der Waals surface area contributed by atoms with Crippen LogP contribution in [0, 0.1) is 5.92 Å². The molecular weight excluding hydrogens is 714 g/mol. The maximum atomic E-state index is 14.1. The van der Waals surface area contributed by atoms with Crippen LogP contribution in [0.4, 0.5) is 10.7 Å². The van der Waals surface area contributed by atoms with Crippen molar-refractivity contribution >= 4 is 75.2 Å². The van der Waals surface area contributed by atoms with Crippen LogP contribution in [0.15, 0.2) is 120 Å². The highest BCUT2D eigenvalue weighted by Crippen LogP contribution is 2.42. The molecule has 0 bridgehead atoms. The molecule has 264 valence electrons. The number of amides is 3. The summed E-state index contributed by atoms with van der Waals surface area (Å²) in [5.41, 5.74) is 3.55. The number of thioether (sulfide) groups is 1. The van der Waals surface area contributed by atoms with Crippen LogP contribution in [0.3, 0.4) is 0 Å². The number of esters is 1. The van der Waals surface area contributed by atoms with Gasteiger partial charge in [-0.2, -0.15) is 0 Å². The molecule has 0 aliphatic heterocycles. The van der Waals surface area contributed by atoms with E-state index in [1.165, 1.54) is 36.3 Å². The molecule has 0 radical (unpaired) electrons. The van der Waals surface area contributed by atoms with E-state index in [1.807, 2.05) is 36.4 Å². The topological polar surface area (TPSA) is 114 Å². The summed E-state index contributed by atoms with van der Waals surface area (Å²) in [6.07, 6.45) is 4.10. The fourth-order valence-electron chi connectivity index (χ4n) is 5.91. The Balaban J connectivity index is 1.25. The van der Waals surface area contributed by atoms with Crippen molar-refractivity contribution in [2.24, 2.45) is 5.92 Å². The highest BCUT2D eigenvalue weighted by Gasteiger charge is 2.31. The van der Waals surface area contributed by atoms with Crippen LogP contribution >= 0.6 is 34.7 Å². The number of carbonyl (C=O) groups excluding carboxylic acids is 4. The molecule has 2 atom stereocenters. The summed E-state index contributed by atoms with van der Waals surface area (Å²) in [5, 5.41) is 8.91. The number of methoxy groups -OCH3 is 1. The van der Waals surface area contributed by atoms with Crippen LogP contribution in [0.25, 0.3) is 6.08 Å². The van der Waals surface area contributed by atoms with Crippen molar-refractivity contribution in [3.8, 4) is 0 Å². The van der Waals surface area contributed by atoms with Gasteiger partial charge in [-0.15, -0.1) is 23.1 Å². The fourth-order valence-corrected chi connectivity index (χ4v) is 8.58. The van der Waals surface area contributed by atoms with Crippen LogP contribution in [-0.2, 0) is 27.2 Å². The molecule has 4 aromatic carbocycles. The second kappa shape index (κ2) is 16.9. The Labute approximate surface area is 315 Å². The van der Waals surface area contributed by atoms with Crippen molar-refractivity contribution in [1.29, 1.82) is 0 Å². The Bertz CT molecular complexity index is 2130. The van der Waals surface area contributed by atoms with Gasteiger partial charge in [-0.05, 0) is 84.3 Å². The molecule has 0 spiro atoms. The van der Waals surface area contributed by atoms with Crippen LogP contribution < -0.4 is 16.0 Å². The molecule has 0 saturated heterocycles. The van der Waals surface area contributed by atoms with Gasteiger partial charge >= 0.3 is 5.97 Å². The Morgan fingerprint density at radius 3 is 2.35 bits per heavy atom. The fraction of sp³-hybridized carbons (Fsp3) is 0.171. The molecule has 2 unspecified atom stereocenters. The predicted octanol–water partition coefficient (Wildman–Crippen LogP) is 9.19. The molecule has 5 aromatic rings. The molecule has 52 heavy (non-hydrogen) atoms. The van der Waals surface area contributed by atoms with E-state index in [-0.39, 0.29) is 11.6 Å². The molecule has 0 saturated carbocycles. The summed E-state index contributed by atoms with van der Waals surface area (Å²) in [6.45, 7) is 2.19. The molecule has 3 N–H and O–H groups in total. The Morgan fingerprint density at radius 2 is 1.62 bits per heavy atom. The first kappa shape index (κ1) is 36.6. The van der Waals surface area contributed by atoms with Gasteiger partial charge in [0.2, 0.25) is 5.91 Å². The van der Waals surface area contributed by atoms with Crippen molar-refractivity contribution in [3.05, 3.63) is 153 Å².